The van der Waals surface area contributed by atoms with Crippen LogP contribution in [0.3, 0.4) is 0 Å². The van der Waals surface area contributed by atoms with Gasteiger partial charge in [-0.1, -0.05) is 24.8 Å². The Morgan fingerprint density at radius 1 is 1.27 bits per heavy atom. The van der Waals surface area contributed by atoms with Crippen LogP contribution in [0.1, 0.15) is 37.0 Å². The van der Waals surface area contributed by atoms with E-state index in [0.29, 0.717) is 41.0 Å². The number of ketones is 1. The van der Waals surface area contributed by atoms with Crippen molar-refractivity contribution in [3.63, 3.8) is 0 Å². The zero-order valence-corrected chi connectivity index (χ0v) is 17.8. The largest absolute Gasteiger partial charge is 0.461 e. The van der Waals surface area contributed by atoms with Crippen LogP contribution >= 0.6 is 11.8 Å². The molecular weight excluding hydrogens is 400 g/mol. The van der Waals surface area contributed by atoms with Gasteiger partial charge >= 0.3 is 0 Å². The normalized spacial score (nSPS) is 11.8. The maximum Gasteiger partial charge on any atom is 0.224 e. The summed E-state index contributed by atoms with van der Waals surface area (Å²) in [5, 5.41) is 11.5. The molecule has 0 aliphatic carbocycles. The second-order valence-electron chi connectivity index (χ2n) is 6.68. The number of rotatable bonds is 10. The van der Waals surface area contributed by atoms with Crippen molar-refractivity contribution in [2.75, 3.05) is 5.32 Å². The van der Waals surface area contributed by atoms with Gasteiger partial charge in [-0.15, -0.1) is 16.8 Å². The predicted octanol–water partition coefficient (Wildman–Crippen LogP) is 4.83. The Hall–Kier alpha value is -3.13. The Morgan fingerprint density at radius 3 is 2.67 bits per heavy atom. The quantitative estimate of drug-likeness (QED) is 0.285. The summed E-state index contributed by atoms with van der Waals surface area (Å²) in [4.78, 5) is 24.6. The number of aromatic nitrogens is 3. The summed E-state index contributed by atoms with van der Waals surface area (Å²) in [6, 6.07) is 10.5. The van der Waals surface area contributed by atoms with Gasteiger partial charge in [0.1, 0.15) is 0 Å². The van der Waals surface area contributed by atoms with Gasteiger partial charge in [0.2, 0.25) is 11.7 Å². The molecule has 1 atom stereocenters. The number of hydrogen-bond donors (Lipinski definition) is 1. The molecule has 7 nitrogen and oxygen atoms in total. The van der Waals surface area contributed by atoms with Crippen molar-refractivity contribution in [3.8, 4) is 11.6 Å². The standard InChI is InChI=1S/C22H24N4O3S/c1-4-7-19(27)23-17-11-9-16(10-12-17)20(28)15(3)30-22-25-24-21(26(22)13-5-2)18-8-6-14-29-18/h5-6,8-12,14-15H,2,4,7,13H2,1,3H3,(H,23,27). The number of carbonyl (C=O) groups excluding carboxylic acids is 2. The highest BCUT2D eigenvalue weighted by atomic mass is 32.2. The molecule has 3 rings (SSSR count). The Labute approximate surface area is 179 Å². The lowest BCUT2D eigenvalue weighted by molar-refractivity contribution is -0.116. The first kappa shape index (κ1) is 21.6. The van der Waals surface area contributed by atoms with Crippen molar-refractivity contribution in [2.24, 2.45) is 0 Å². The minimum Gasteiger partial charge on any atom is -0.461 e. The third-order valence-electron chi connectivity index (χ3n) is 4.35. The highest BCUT2D eigenvalue weighted by Gasteiger charge is 2.22. The monoisotopic (exact) mass is 424 g/mol. The van der Waals surface area contributed by atoms with E-state index < -0.39 is 0 Å². The number of Topliss-reactive ketones (excluding diaryl/α,β-unsaturated/α-hetero) is 1. The van der Waals surface area contributed by atoms with E-state index in [1.54, 1.807) is 42.7 Å². The number of furan rings is 1. The SMILES string of the molecule is C=CCn1c(SC(C)C(=O)c2ccc(NC(=O)CCC)cc2)nnc1-c1ccco1. The second-order valence-corrected chi connectivity index (χ2v) is 7.99. The lowest BCUT2D eigenvalue weighted by Gasteiger charge is -2.12. The van der Waals surface area contributed by atoms with Crippen LogP contribution in [0, 0.1) is 0 Å². The molecule has 2 heterocycles. The molecule has 0 saturated carbocycles. The van der Waals surface area contributed by atoms with Crippen LogP contribution in [0.2, 0.25) is 0 Å². The molecule has 0 bridgehead atoms. The topological polar surface area (TPSA) is 90.0 Å². The fourth-order valence-electron chi connectivity index (χ4n) is 2.87. The van der Waals surface area contributed by atoms with Gasteiger partial charge in [-0.3, -0.25) is 14.2 Å². The Bertz CT molecular complexity index is 1010. The van der Waals surface area contributed by atoms with Crippen molar-refractivity contribution >= 4 is 29.1 Å². The summed E-state index contributed by atoms with van der Waals surface area (Å²) in [7, 11) is 0. The number of nitrogens with zero attached hydrogens (tertiary/aromatic N) is 3. The molecule has 1 aromatic carbocycles. The highest BCUT2D eigenvalue weighted by Crippen LogP contribution is 2.28. The van der Waals surface area contributed by atoms with E-state index in [1.165, 1.54) is 11.8 Å². The average Bonchev–Trinajstić information content (AvgIpc) is 3.39. The Kier molecular flexibility index (Phi) is 7.24. The number of benzene rings is 1. The first-order valence-electron chi connectivity index (χ1n) is 9.72. The molecular formula is C22H24N4O3S. The molecule has 0 aliphatic rings. The van der Waals surface area contributed by atoms with E-state index in [4.69, 9.17) is 4.42 Å². The van der Waals surface area contributed by atoms with Gasteiger partial charge in [0.15, 0.2) is 16.7 Å². The van der Waals surface area contributed by atoms with Gasteiger partial charge in [0, 0.05) is 24.2 Å². The van der Waals surface area contributed by atoms with E-state index in [9.17, 15) is 9.59 Å². The predicted molar refractivity (Wildman–Crippen MR) is 118 cm³/mol. The van der Waals surface area contributed by atoms with E-state index in [0.717, 1.165) is 6.42 Å². The van der Waals surface area contributed by atoms with Crippen molar-refractivity contribution in [3.05, 3.63) is 60.9 Å². The lowest BCUT2D eigenvalue weighted by atomic mass is 10.1. The molecule has 2 aromatic heterocycles. The van der Waals surface area contributed by atoms with Crippen molar-refractivity contribution in [2.45, 2.75) is 43.6 Å². The molecule has 0 fully saturated rings. The molecule has 1 unspecified atom stereocenters. The first-order chi connectivity index (χ1) is 14.5. The summed E-state index contributed by atoms with van der Waals surface area (Å²) in [5.74, 6) is 1.14. The number of hydrogen-bond acceptors (Lipinski definition) is 6. The Balaban J connectivity index is 1.71. The molecule has 3 aromatic rings. The number of nitrogens with one attached hydrogen (secondary N) is 1. The lowest BCUT2D eigenvalue weighted by Crippen LogP contribution is -2.15. The van der Waals surface area contributed by atoms with Crippen molar-refractivity contribution < 1.29 is 14.0 Å². The second kappa shape index (κ2) is 10.1. The smallest absolute Gasteiger partial charge is 0.224 e. The number of allylic oxidation sites excluding steroid dienone is 1. The first-order valence-corrected chi connectivity index (χ1v) is 10.6. The van der Waals surface area contributed by atoms with Crippen LogP contribution in [0.15, 0.2) is 64.9 Å². The number of anilines is 1. The van der Waals surface area contributed by atoms with Crippen molar-refractivity contribution in [1.29, 1.82) is 0 Å². The van der Waals surface area contributed by atoms with Crippen LogP contribution in [0.25, 0.3) is 11.6 Å². The van der Waals surface area contributed by atoms with Crippen LogP contribution < -0.4 is 5.32 Å². The summed E-state index contributed by atoms with van der Waals surface area (Å²) >= 11 is 1.33. The van der Waals surface area contributed by atoms with Gasteiger partial charge < -0.3 is 9.73 Å². The zero-order chi connectivity index (χ0) is 21.5. The van der Waals surface area contributed by atoms with E-state index in [1.807, 2.05) is 24.5 Å². The summed E-state index contributed by atoms with van der Waals surface area (Å²) in [5.41, 5.74) is 1.25. The number of amides is 1. The summed E-state index contributed by atoms with van der Waals surface area (Å²) < 4.78 is 7.30. The molecule has 0 spiro atoms. The maximum absolute atomic E-state index is 12.9. The van der Waals surface area contributed by atoms with Crippen LogP contribution in [0.4, 0.5) is 5.69 Å². The highest BCUT2D eigenvalue weighted by molar-refractivity contribution is 8.00. The fourth-order valence-corrected chi connectivity index (χ4v) is 3.81. The zero-order valence-electron chi connectivity index (χ0n) is 17.0. The third-order valence-corrected chi connectivity index (χ3v) is 5.43. The van der Waals surface area contributed by atoms with Crippen molar-refractivity contribution in [1.82, 2.24) is 14.8 Å². The maximum atomic E-state index is 12.9. The minimum absolute atomic E-state index is 0.0286. The van der Waals surface area contributed by atoms with Gasteiger partial charge in [-0.05, 0) is 49.7 Å². The average molecular weight is 425 g/mol. The third kappa shape index (κ3) is 5.07. The summed E-state index contributed by atoms with van der Waals surface area (Å²) in [6.07, 6.45) is 4.59. The number of thioether (sulfide) groups is 1. The molecule has 1 amide bonds. The van der Waals surface area contributed by atoms with Gasteiger partial charge in [-0.2, -0.15) is 0 Å². The fraction of sp³-hybridized carbons (Fsp3) is 0.273. The molecule has 156 valence electrons. The van der Waals surface area contributed by atoms with Crippen LogP contribution in [0.5, 0.6) is 0 Å². The van der Waals surface area contributed by atoms with Gasteiger partial charge in [0.25, 0.3) is 0 Å². The van der Waals surface area contributed by atoms with E-state index >= 15 is 0 Å². The molecule has 30 heavy (non-hydrogen) atoms. The van der Waals surface area contributed by atoms with Gasteiger partial charge in [-0.25, -0.2) is 0 Å². The Morgan fingerprint density at radius 2 is 2.03 bits per heavy atom. The number of carbonyl (C=O) groups is 2. The summed E-state index contributed by atoms with van der Waals surface area (Å²) in [6.45, 7) is 8.08. The molecule has 8 heteroatoms. The van der Waals surface area contributed by atoms with E-state index in [-0.39, 0.29) is 16.9 Å². The molecule has 0 saturated heterocycles. The minimum atomic E-state index is -0.372. The molecule has 1 N–H and O–H groups in total. The molecule has 0 aliphatic heterocycles. The molecule has 0 radical (unpaired) electrons. The van der Waals surface area contributed by atoms with Crippen LogP contribution in [-0.2, 0) is 11.3 Å². The van der Waals surface area contributed by atoms with Crippen LogP contribution in [-0.4, -0.2) is 31.7 Å². The van der Waals surface area contributed by atoms with Gasteiger partial charge in [0.05, 0.1) is 11.5 Å². The van der Waals surface area contributed by atoms with E-state index in [2.05, 4.69) is 22.1 Å².